The van der Waals surface area contributed by atoms with E-state index in [4.69, 9.17) is 16.3 Å². The third-order valence-corrected chi connectivity index (χ3v) is 5.12. The highest BCUT2D eigenvalue weighted by Crippen LogP contribution is 2.28. The molecule has 0 saturated heterocycles. The second-order valence-corrected chi connectivity index (χ2v) is 7.15. The Kier molecular flexibility index (Phi) is 5.25. The van der Waals surface area contributed by atoms with Crippen molar-refractivity contribution >= 4 is 35.0 Å². The maximum atomic E-state index is 12.8. The molecule has 7 heteroatoms. The number of carbonyl (C=O) groups excluding carboxylic acids is 3. The van der Waals surface area contributed by atoms with E-state index in [0.717, 1.165) is 5.56 Å². The van der Waals surface area contributed by atoms with Gasteiger partial charge in [-0.15, -0.1) is 0 Å². The number of ether oxygens (including phenoxy) is 1. The Hall–Kier alpha value is -3.64. The molecule has 0 radical (unpaired) electrons. The lowest BCUT2D eigenvalue weighted by Crippen LogP contribution is -2.29. The predicted molar refractivity (Wildman–Crippen MR) is 113 cm³/mol. The minimum absolute atomic E-state index is 0.180. The summed E-state index contributed by atoms with van der Waals surface area (Å²) in [5.74, 6) is -0.704. The van der Waals surface area contributed by atoms with E-state index in [9.17, 15) is 14.4 Å². The average molecular weight is 421 g/mol. The molecule has 1 heterocycles. The lowest BCUT2D eigenvalue weighted by molar-refractivity contribution is 0.0642. The van der Waals surface area contributed by atoms with Crippen LogP contribution in [0, 0.1) is 0 Å². The number of nitrogens with one attached hydrogen (secondary N) is 1. The minimum atomic E-state index is -0.416. The quantitative estimate of drug-likeness (QED) is 0.621. The molecule has 1 aliphatic heterocycles. The van der Waals surface area contributed by atoms with Gasteiger partial charge in [0.2, 0.25) is 0 Å². The molecular weight excluding hydrogens is 404 g/mol. The van der Waals surface area contributed by atoms with Crippen molar-refractivity contribution in [1.82, 2.24) is 4.90 Å². The van der Waals surface area contributed by atoms with Gasteiger partial charge in [0.15, 0.2) is 0 Å². The molecular formula is C23H17ClN2O4. The Morgan fingerprint density at radius 2 is 1.70 bits per heavy atom. The number of methoxy groups -OCH3 is 1. The Morgan fingerprint density at radius 3 is 2.40 bits per heavy atom. The van der Waals surface area contributed by atoms with Crippen LogP contribution in [0.5, 0.6) is 5.75 Å². The van der Waals surface area contributed by atoms with Gasteiger partial charge in [-0.2, -0.15) is 0 Å². The van der Waals surface area contributed by atoms with Gasteiger partial charge in [0.1, 0.15) is 5.75 Å². The molecule has 0 bridgehead atoms. The molecule has 3 amide bonds. The summed E-state index contributed by atoms with van der Waals surface area (Å²) < 4.78 is 5.10. The number of hydrogen-bond acceptors (Lipinski definition) is 4. The number of rotatable bonds is 5. The molecule has 3 aromatic rings. The van der Waals surface area contributed by atoms with E-state index < -0.39 is 11.8 Å². The fourth-order valence-corrected chi connectivity index (χ4v) is 3.55. The van der Waals surface area contributed by atoms with E-state index in [2.05, 4.69) is 5.32 Å². The molecule has 30 heavy (non-hydrogen) atoms. The monoisotopic (exact) mass is 420 g/mol. The summed E-state index contributed by atoms with van der Waals surface area (Å²) in [4.78, 5) is 39.3. The number of halogens is 1. The zero-order chi connectivity index (χ0) is 21.3. The van der Waals surface area contributed by atoms with Crippen LogP contribution in [0.25, 0.3) is 0 Å². The molecule has 0 aromatic heterocycles. The minimum Gasteiger partial charge on any atom is -0.495 e. The van der Waals surface area contributed by atoms with Crippen molar-refractivity contribution in [2.24, 2.45) is 0 Å². The lowest BCUT2D eigenvalue weighted by Gasteiger charge is -2.13. The molecule has 3 aromatic carbocycles. The molecule has 0 atom stereocenters. The summed E-state index contributed by atoms with van der Waals surface area (Å²) in [5.41, 5.74) is 2.11. The second-order valence-electron chi connectivity index (χ2n) is 6.75. The predicted octanol–water partition coefficient (Wildman–Crippen LogP) is 4.40. The van der Waals surface area contributed by atoms with Gasteiger partial charge in [0, 0.05) is 11.3 Å². The van der Waals surface area contributed by atoms with E-state index in [1.165, 1.54) is 30.2 Å². The number of carbonyl (C=O) groups is 3. The van der Waals surface area contributed by atoms with Gasteiger partial charge in [-0.3, -0.25) is 19.3 Å². The fourth-order valence-electron chi connectivity index (χ4n) is 3.29. The van der Waals surface area contributed by atoms with Crippen LogP contribution in [0.2, 0.25) is 5.02 Å². The molecule has 0 spiro atoms. The van der Waals surface area contributed by atoms with Crippen LogP contribution in [0.3, 0.4) is 0 Å². The smallest absolute Gasteiger partial charge is 0.261 e. The second kappa shape index (κ2) is 8.00. The van der Waals surface area contributed by atoms with Gasteiger partial charge >= 0.3 is 0 Å². The van der Waals surface area contributed by atoms with Gasteiger partial charge in [-0.1, -0.05) is 41.9 Å². The summed E-state index contributed by atoms with van der Waals surface area (Å²) in [6, 6.07) is 18.6. The fraction of sp³-hybridized carbons (Fsp3) is 0.0870. The average Bonchev–Trinajstić information content (AvgIpc) is 2.99. The van der Waals surface area contributed by atoms with Crippen molar-refractivity contribution in [2.45, 2.75) is 6.54 Å². The zero-order valence-corrected chi connectivity index (χ0v) is 16.8. The lowest BCUT2D eigenvalue weighted by atomic mass is 10.1. The topological polar surface area (TPSA) is 75.7 Å². The van der Waals surface area contributed by atoms with Crippen LogP contribution in [0.1, 0.15) is 36.6 Å². The van der Waals surface area contributed by atoms with E-state index in [1.807, 2.05) is 30.3 Å². The van der Waals surface area contributed by atoms with Crippen LogP contribution in [0.4, 0.5) is 5.69 Å². The first-order chi connectivity index (χ1) is 14.5. The highest BCUT2D eigenvalue weighted by atomic mass is 35.5. The van der Waals surface area contributed by atoms with Gasteiger partial charge < -0.3 is 10.1 Å². The zero-order valence-electron chi connectivity index (χ0n) is 16.0. The van der Waals surface area contributed by atoms with Crippen molar-refractivity contribution in [3.05, 3.63) is 94.0 Å². The number of hydrogen-bond donors (Lipinski definition) is 1. The van der Waals surface area contributed by atoms with E-state index >= 15 is 0 Å². The molecule has 0 saturated carbocycles. The first-order valence-corrected chi connectivity index (χ1v) is 9.55. The molecule has 0 unspecified atom stereocenters. The first-order valence-electron chi connectivity index (χ1n) is 9.17. The molecule has 4 rings (SSSR count). The largest absolute Gasteiger partial charge is 0.495 e. The molecule has 6 nitrogen and oxygen atoms in total. The van der Waals surface area contributed by atoms with Crippen molar-refractivity contribution in [3.8, 4) is 5.75 Å². The van der Waals surface area contributed by atoms with Gasteiger partial charge in [-0.05, 0) is 42.0 Å². The normalized spacial score (nSPS) is 12.7. The van der Waals surface area contributed by atoms with E-state index in [0.29, 0.717) is 22.0 Å². The van der Waals surface area contributed by atoms with Crippen LogP contribution >= 0.6 is 11.6 Å². The maximum absolute atomic E-state index is 12.8. The highest BCUT2D eigenvalue weighted by Gasteiger charge is 2.36. The van der Waals surface area contributed by atoms with Gasteiger partial charge in [0.25, 0.3) is 17.7 Å². The number of amides is 3. The molecule has 150 valence electrons. The van der Waals surface area contributed by atoms with Crippen LogP contribution in [0.15, 0.2) is 66.7 Å². The third-order valence-electron chi connectivity index (χ3n) is 4.83. The highest BCUT2D eigenvalue weighted by molar-refractivity contribution is 6.32. The SMILES string of the molecule is COc1ccc(NC(=O)c2ccc3c(c2)C(=O)N(Cc2ccccc2)C3=O)cc1Cl. The van der Waals surface area contributed by atoms with Gasteiger partial charge in [-0.25, -0.2) is 0 Å². The Labute approximate surface area is 178 Å². The summed E-state index contributed by atoms with van der Waals surface area (Å²) in [7, 11) is 1.50. The van der Waals surface area contributed by atoms with Crippen LogP contribution in [-0.2, 0) is 6.54 Å². The van der Waals surface area contributed by atoms with E-state index in [1.54, 1.807) is 18.2 Å². The Balaban J connectivity index is 1.55. The number of nitrogens with zero attached hydrogens (tertiary/aromatic N) is 1. The number of benzene rings is 3. The number of anilines is 1. The molecule has 0 aliphatic carbocycles. The third kappa shape index (κ3) is 3.65. The van der Waals surface area contributed by atoms with Crippen LogP contribution < -0.4 is 10.1 Å². The van der Waals surface area contributed by atoms with Crippen LogP contribution in [-0.4, -0.2) is 29.7 Å². The van der Waals surface area contributed by atoms with Gasteiger partial charge in [0.05, 0.1) is 29.8 Å². The number of fused-ring (bicyclic) bond motifs is 1. The number of imide groups is 1. The molecule has 1 N–H and O–H groups in total. The summed E-state index contributed by atoms with van der Waals surface area (Å²) in [6.45, 7) is 0.180. The van der Waals surface area contributed by atoms with E-state index in [-0.39, 0.29) is 23.6 Å². The Bertz CT molecular complexity index is 1160. The summed E-state index contributed by atoms with van der Waals surface area (Å²) in [5, 5.41) is 3.09. The maximum Gasteiger partial charge on any atom is 0.261 e. The first kappa shape index (κ1) is 19.7. The molecule has 0 fully saturated rings. The summed E-state index contributed by atoms with van der Waals surface area (Å²) in [6.07, 6.45) is 0. The van der Waals surface area contributed by atoms with Crippen molar-refractivity contribution in [1.29, 1.82) is 0 Å². The Morgan fingerprint density at radius 1 is 0.967 bits per heavy atom. The standard InChI is InChI=1S/C23H17ClN2O4/c1-30-20-10-8-16(12-19(20)24)25-21(27)15-7-9-17-18(11-15)23(29)26(22(17)28)13-14-5-3-2-4-6-14/h2-12H,13H2,1H3,(H,25,27). The van der Waals surface area contributed by atoms with Crippen molar-refractivity contribution in [2.75, 3.05) is 12.4 Å². The van der Waals surface area contributed by atoms with Crippen molar-refractivity contribution < 1.29 is 19.1 Å². The molecule has 1 aliphatic rings. The van der Waals surface area contributed by atoms with Crippen molar-refractivity contribution in [3.63, 3.8) is 0 Å². The summed E-state index contributed by atoms with van der Waals surface area (Å²) >= 11 is 6.09.